The van der Waals surface area contributed by atoms with Crippen LogP contribution < -0.4 is 4.74 Å². The van der Waals surface area contributed by atoms with E-state index < -0.39 is 0 Å². The monoisotopic (exact) mass is 224 g/mol. The van der Waals surface area contributed by atoms with Crippen molar-refractivity contribution in [3.8, 4) is 11.5 Å². The Hall–Kier alpha value is -1.55. The Morgan fingerprint density at radius 2 is 2.12 bits per heavy atom. The number of phenolic OH excluding ortho intramolecular Hbond substituents is 1. The zero-order valence-electron chi connectivity index (χ0n) is 9.27. The molecule has 0 bridgehead atoms. The molecule has 0 unspecified atom stereocenters. The topological polar surface area (TPSA) is 66.8 Å². The molecule has 4 heteroatoms. The van der Waals surface area contributed by atoms with Crippen molar-refractivity contribution in [2.75, 3.05) is 13.7 Å². The molecule has 0 radical (unpaired) electrons. The van der Waals surface area contributed by atoms with Gasteiger partial charge >= 0.3 is 0 Å². The fraction of sp³-hybridized carbons (Fsp3) is 0.417. The molecule has 0 heterocycles. The first-order valence-electron chi connectivity index (χ1n) is 5.16. The molecule has 0 aliphatic carbocycles. The number of hydrogen-bond acceptors (Lipinski definition) is 4. The van der Waals surface area contributed by atoms with Crippen molar-refractivity contribution in [1.29, 1.82) is 0 Å². The maximum absolute atomic E-state index is 11.2. The van der Waals surface area contributed by atoms with Gasteiger partial charge in [-0.3, -0.25) is 4.79 Å². The fourth-order valence-electron chi connectivity index (χ4n) is 1.41. The molecule has 0 atom stereocenters. The molecule has 0 amide bonds. The van der Waals surface area contributed by atoms with Crippen molar-refractivity contribution in [2.45, 2.75) is 19.3 Å². The lowest BCUT2D eigenvalue weighted by atomic mass is 10.1. The SMILES string of the molecule is COc1cc(CCC(=O)CCO)ccc1O. The molecule has 0 saturated carbocycles. The standard InChI is InChI=1S/C12H16O4/c1-16-12-8-9(3-5-11(12)15)2-4-10(14)6-7-13/h3,5,8,13,15H,2,4,6-7H2,1H3. The number of aliphatic hydroxyl groups excluding tert-OH is 1. The van der Waals surface area contributed by atoms with Crippen LogP contribution in [0.2, 0.25) is 0 Å². The van der Waals surface area contributed by atoms with E-state index in [9.17, 15) is 9.90 Å². The number of carbonyl (C=O) groups is 1. The maximum atomic E-state index is 11.2. The quantitative estimate of drug-likeness (QED) is 0.764. The summed E-state index contributed by atoms with van der Waals surface area (Å²) in [6, 6.07) is 5.01. The molecule has 88 valence electrons. The second-order valence-corrected chi connectivity index (χ2v) is 3.52. The summed E-state index contributed by atoms with van der Waals surface area (Å²) in [7, 11) is 1.48. The van der Waals surface area contributed by atoms with Gasteiger partial charge in [0, 0.05) is 19.4 Å². The summed E-state index contributed by atoms with van der Waals surface area (Å²) in [5, 5.41) is 18.0. The minimum Gasteiger partial charge on any atom is -0.504 e. The Morgan fingerprint density at radius 3 is 2.75 bits per heavy atom. The van der Waals surface area contributed by atoms with E-state index in [0.717, 1.165) is 5.56 Å². The number of Topliss-reactive ketones (excluding diaryl/α,β-unsaturated/α-hetero) is 1. The first kappa shape index (κ1) is 12.5. The first-order chi connectivity index (χ1) is 7.67. The molecule has 0 spiro atoms. The van der Waals surface area contributed by atoms with E-state index in [4.69, 9.17) is 9.84 Å². The zero-order chi connectivity index (χ0) is 12.0. The maximum Gasteiger partial charge on any atom is 0.160 e. The Bertz CT molecular complexity index is 360. The number of ketones is 1. The number of aromatic hydroxyl groups is 1. The van der Waals surface area contributed by atoms with Crippen molar-refractivity contribution in [2.24, 2.45) is 0 Å². The van der Waals surface area contributed by atoms with Gasteiger partial charge in [-0.15, -0.1) is 0 Å². The number of methoxy groups -OCH3 is 1. The van der Waals surface area contributed by atoms with Gasteiger partial charge in [0.2, 0.25) is 0 Å². The van der Waals surface area contributed by atoms with Gasteiger partial charge < -0.3 is 14.9 Å². The highest BCUT2D eigenvalue weighted by Crippen LogP contribution is 2.26. The summed E-state index contributed by atoms with van der Waals surface area (Å²) in [6.45, 7) is -0.0995. The highest BCUT2D eigenvalue weighted by Gasteiger charge is 2.05. The molecule has 4 nitrogen and oxygen atoms in total. The second-order valence-electron chi connectivity index (χ2n) is 3.52. The third-order valence-corrected chi connectivity index (χ3v) is 2.33. The van der Waals surface area contributed by atoms with Crippen LogP contribution in [-0.2, 0) is 11.2 Å². The lowest BCUT2D eigenvalue weighted by molar-refractivity contribution is -0.119. The van der Waals surface area contributed by atoms with Gasteiger partial charge in [-0.1, -0.05) is 6.07 Å². The number of phenols is 1. The van der Waals surface area contributed by atoms with Crippen LogP contribution in [0.3, 0.4) is 0 Å². The van der Waals surface area contributed by atoms with E-state index in [1.807, 2.05) is 0 Å². The Balaban J connectivity index is 2.57. The number of aliphatic hydroxyl groups is 1. The molecule has 0 aliphatic rings. The van der Waals surface area contributed by atoms with E-state index in [2.05, 4.69) is 0 Å². The molecule has 0 fully saturated rings. The van der Waals surface area contributed by atoms with Gasteiger partial charge in [-0.25, -0.2) is 0 Å². The van der Waals surface area contributed by atoms with Crippen LogP contribution in [0.25, 0.3) is 0 Å². The summed E-state index contributed by atoms with van der Waals surface area (Å²) in [6.07, 6.45) is 1.19. The van der Waals surface area contributed by atoms with E-state index in [1.165, 1.54) is 7.11 Å². The number of benzene rings is 1. The third kappa shape index (κ3) is 3.55. The molecule has 2 N–H and O–H groups in total. The van der Waals surface area contributed by atoms with Gasteiger partial charge in [0.15, 0.2) is 11.5 Å². The Labute approximate surface area is 94.5 Å². The lowest BCUT2D eigenvalue weighted by Gasteiger charge is -2.06. The number of carbonyl (C=O) groups excluding carboxylic acids is 1. The van der Waals surface area contributed by atoms with E-state index in [1.54, 1.807) is 18.2 Å². The minimum absolute atomic E-state index is 0.0366. The lowest BCUT2D eigenvalue weighted by Crippen LogP contribution is -2.02. The van der Waals surface area contributed by atoms with Crippen LogP contribution in [0.1, 0.15) is 18.4 Å². The number of rotatable bonds is 6. The molecule has 0 aromatic heterocycles. The minimum atomic E-state index is -0.0995. The largest absolute Gasteiger partial charge is 0.504 e. The summed E-state index contributed by atoms with van der Waals surface area (Å²) in [4.78, 5) is 11.2. The Kier molecular flexibility index (Phi) is 4.79. The predicted molar refractivity (Wildman–Crippen MR) is 59.7 cm³/mol. The molecule has 1 aromatic rings. The van der Waals surface area contributed by atoms with Gasteiger partial charge in [0.05, 0.1) is 7.11 Å². The van der Waals surface area contributed by atoms with Gasteiger partial charge in [-0.2, -0.15) is 0 Å². The van der Waals surface area contributed by atoms with Crippen molar-refractivity contribution >= 4 is 5.78 Å². The average Bonchev–Trinajstić information content (AvgIpc) is 2.28. The molecular formula is C12H16O4. The molecule has 0 aliphatic heterocycles. The average molecular weight is 224 g/mol. The summed E-state index contributed by atoms with van der Waals surface area (Å²) in [5.41, 5.74) is 0.931. The fourth-order valence-corrected chi connectivity index (χ4v) is 1.41. The predicted octanol–water partition coefficient (Wildman–Crippen LogP) is 1.28. The van der Waals surface area contributed by atoms with Crippen molar-refractivity contribution in [3.63, 3.8) is 0 Å². The smallest absolute Gasteiger partial charge is 0.160 e. The zero-order valence-corrected chi connectivity index (χ0v) is 9.27. The molecular weight excluding hydrogens is 208 g/mol. The Morgan fingerprint density at radius 1 is 1.38 bits per heavy atom. The van der Waals surface area contributed by atoms with Crippen LogP contribution in [0.4, 0.5) is 0 Å². The number of ether oxygens (including phenoxy) is 1. The van der Waals surface area contributed by atoms with Crippen molar-refractivity contribution in [3.05, 3.63) is 23.8 Å². The molecule has 1 rings (SSSR count). The summed E-state index contributed by atoms with van der Waals surface area (Å²) >= 11 is 0. The van der Waals surface area contributed by atoms with E-state index in [-0.39, 0.29) is 24.6 Å². The van der Waals surface area contributed by atoms with Crippen LogP contribution in [0.15, 0.2) is 18.2 Å². The third-order valence-electron chi connectivity index (χ3n) is 2.33. The van der Waals surface area contributed by atoms with Crippen molar-refractivity contribution in [1.82, 2.24) is 0 Å². The number of aryl methyl sites for hydroxylation is 1. The van der Waals surface area contributed by atoms with Gasteiger partial charge in [0.25, 0.3) is 0 Å². The van der Waals surface area contributed by atoms with Gasteiger partial charge in [-0.05, 0) is 24.1 Å². The van der Waals surface area contributed by atoms with E-state index in [0.29, 0.717) is 18.6 Å². The summed E-state index contributed by atoms with van der Waals surface area (Å²) < 4.78 is 4.97. The highest BCUT2D eigenvalue weighted by atomic mass is 16.5. The first-order valence-corrected chi connectivity index (χ1v) is 5.16. The van der Waals surface area contributed by atoms with Crippen LogP contribution in [-0.4, -0.2) is 29.7 Å². The second kappa shape index (κ2) is 6.12. The molecule has 1 aromatic carbocycles. The normalized spacial score (nSPS) is 10.1. The summed E-state index contributed by atoms with van der Waals surface area (Å²) in [5.74, 6) is 0.537. The van der Waals surface area contributed by atoms with Crippen molar-refractivity contribution < 1.29 is 19.7 Å². The number of hydrogen-bond donors (Lipinski definition) is 2. The highest BCUT2D eigenvalue weighted by molar-refractivity contribution is 5.78. The van der Waals surface area contributed by atoms with Crippen LogP contribution in [0, 0.1) is 0 Å². The van der Waals surface area contributed by atoms with E-state index >= 15 is 0 Å². The molecule has 0 saturated heterocycles. The van der Waals surface area contributed by atoms with Crippen LogP contribution >= 0.6 is 0 Å². The molecule has 16 heavy (non-hydrogen) atoms. The van der Waals surface area contributed by atoms with Crippen LogP contribution in [0.5, 0.6) is 11.5 Å². The van der Waals surface area contributed by atoms with Gasteiger partial charge in [0.1, 0.15) is 5.78 Å².